The molecular formula is C12H20N4O2S. The number of aryl methyl sites for hydroxylation is 1. The number of thioether (sulfide) groups is 1. The average Bonchev–Trinajstić information content (AvgIpc) is 2.45. The SMILES string of the molecule is CCc1nnc(SCCOC)c(C(N)=NO)c1CC. The number of nitrogens with zero attached hydrogens (tertiary/aromatic N) is 3. The van der Waals surface area contributed by atoms with Gasteiger partial charge in [0, 0.05) is 12.9 Å². The van der Waals surface area contributed by atoms with Crippen LogP contribution in [0.25, 0.3) is 0 Å². The Bertz CT molecular complexity index is 452. The van der Waals surface area contributed by atoms with Gasteiger partial charge in [-0.1, -0.05) is 19.0 Å². The van der Waals surface area contributed by atoms with Crippen molar-refractivity contribution in [3.63, 3.8) is 0 Å². The summed E-state index contributed by atoms with van der Waals surface area (Å²) in [6.45, 7) is 4.64. The zero-order valence-electron chi connectivity index (χ0n) is 11.5. The van der Waals surface area contributed by atoms with Crippen molar-refractivity contribution >= 4 is 17.6 Å². The molecule has 1 heterocycles. The first kappa shape index (κ1) is 15.7. The fraction of sp³-hybridized carbons (Fsp3) is 0.583. The van der Waals surface area contributed by atoms with Crippen molar-refractivity contribution in [1.82, 2.24) is 10.2 Å². The predicted octanol–water partition coefficient (Wildman–Crippen LogP) is 1.43. The van der Waals surface area contributed by atoms with Crippen molar-refractivity contribution < 1.29 is 9.94 Å². The minimum Gasteiger partial charge on any atom is -0.409 e. The van der Waals surface area contributed by atoms with E-state index in [0.717, 1.165) is 29.9 Å². The van der Waals surface area contributed by atoms with Crippen LogP contribution in [-0.4, -0.2) is 40.7 Å². The first-order valence-corrected chi connectivity index (χ1v) is 7.16. The highest BCUT2D eigenvalue weighted by molar-refractivity contribution is 7.99. The average molecular weight is 284 g/mol. The number of nitrogens with two attached hydrogens (primary N) is 1. The second-order valence-electron chi connectivity index (χ2n) is 3.84. The van der Waals surface area contributed by atoms with Gasteiger partial charge in [0.05, 0.1) is 17.9 Å². The first-order valence-electron chi connectivity index (χ1n) is 6.17. The van der Waals surface area contributed by atoms with E-state index in [0.29, 0.717) is 17.2 Å². The van der Waals surface area contributed by atoms with Crippen LogP contribution in [-0.2, 0) is 17.6 Å². The summed E-state index contributed by atoms with van der Waals surface area (Å²) in [6.07, 6.45) is 1.53. The number of oxime groups is 1. The van der Waals surface area contributed by atoms with Crippen LogP contribution in [0.15, 0.2) is 10.2 Å². The number of hydrogen-bond donors (Lipinski definition) is 2. The third-order valence-electron chi connectivity index (χ3n) is 2.70. The van der Waals surface area contributed by atoms with Gasteiger partial charge in [-0.15, -0.1) is 16.9 Å². The van der Waals surface area contributed by atoms with Gasteiger partial charge in [0.2, 0.25) is 0 Å². The summed E-state index contributed by atoms with van der Waals surface area (Å²) >= 11 is 1.49. The summed E-state index contributed by atoms with van der Waals surface area (Å²) in [5.41, 5.74) is 8.36. The molecule has 0 fully saturated rings. The minimum absolute atomic E-state index is 0.0846. The van der Waals surface area contributed by atoms with Gasteiger partial charge in [-0.3, -0.25) is 0 Å². The van der Waals surface area contributed by atoms with Crippen LogP contribution in [0.4, 0.5) is 0 Å². The number of ether oxygens (including phenoxy) is 1. The Kier molecular flexibility index (Phi) is 6.58. The van der Waals surface area contributed by atoms with Gasteiger partial charge in [-0.05, 0) is 18.4 Å². The lowest BCUT2D eigenvalue weighted by Crippen LogP contribution is -2.20. The van der Waals surface area contributed by atoms with E-state index in [9.17, 15) is 0 Å². The van der Waals surface area contributed by atoms with E-state index in [2.05, 4.69) is 15.4 Å². The van der Waals surface area contributed by atoms with E-state index >= 15 is 0 Å². The summed E-state index contributed by atoms with van der Waals surface area (Å²) < 4.78 is 5.01. The van der Waals surface area contributed by atoms with Crippen LogP contribution >= 0.6 is 11.8 Å². The quantitative estimate of drug-likeness (QED) is 0.196. The maximum Gasteiger partial charge on any atom is 0.173 e. The Morgan fingerprint density at radius 3 is 2.63 bits per heavy atom. The second kappa shape index (κ2) is 7.96. The molecule has 0 amide bonds. The lowest BCUT2D eigenvalue weighted by Gasteiger charge is -2.13. The maximum atomic E-state index is 8.95. The number of rotatable bonds is 7. The molecule has 1 aromatic heterocycles. The highest BCUT2D eigenvalue weighted by Gasteiger charge is 2.18. The highest BCUT2D eigenvalue weighted by Crippen LogP contribution is 2.25. The van der Waals surface area contributed by atoms with Crippen LogP contribution < -0.4 is 5.73 Å². The number of methoxy groups -OCH3 is 1. The van der Waals surface area contributed by atoms with E-state index in [1.807, 2.05) is 13.8 Å². The Morgan fingerprint density at radius 1 is 1.37 bits per heavy atom. The third-order valence-corrected chi connectivity index (χ3v) is 3.63. The van der Waals surface area contributed by atoms with Gasteiger partial charge in [0.15, 0.2) is 5.84 Å². The smallest absolute Gasteiger partial charge is 0.173 e. The second-order valence-corrected chi connectivity index (χ2v) is 4.92. The first-order chi connectivity index (χ1) is 9.19. The largest absolute Gasteiger partial charge is 0.409 e. The standard InChI is InChI=1S/C12H20N4O2S/c1-4-8-9(5-2)14-15-12(19-7-6-18-3)10(8)11(13)16-17/h17H,4-7H2,1-3H3,(H2,13,16). The minimum atomic E-state index is 0.0846. The fourth-order valence-electron chi connectivity index (χ4n) is 1.79. The molecule has 0 atom stereocenters. The molecule has 0 aliphatic heterocycles. The molecule has 0 radical (unpaired) electrons. The van der Waals surface area contributed by atoms with E-state index in [-0.39, 0.29) is 5.84 Å². The molecule has 7 heteroatoms. The molecule has 0 aliphatic rings. The van der Waals surface area contributed by atoms with Crippen molar-refractivity contribution in [2.45, 2.75) is 31.7 Å². The predicted molar refractivity (Wildman–Crippen MR) is 75.9 cm³/mol. The molecule has 3 N–H and O–H groups in total. The Labute approximate surface area is 117 Å². The Hall–Kier alpha value is -1.34. The number of hydrogen-bond acceptors (Lipinski definition) is 6. The number of amidine groups is 1. The molecule has 1 aromatic rings. The van der Waals surface area contributed by atoms with Gasteiger partial charge in [0.1, 0.15) is 5.03 Å². The Balaban J connectivity index is 3.22. The van der Waals surface area contributed by atoms with E-state index in [4.69, 9.17) is 15.7 Å². The molecule has 106 valence electrons. The summed E-state index contributed by atoms with van der Waals surface area (Å²) in [7, 11) is 1.65. The molecule has 6 nitrogen and oxygen atoms in total. The molecular weight excluding hydrogens is 264 g/mol. The zero-order valence-corrected chi connectivity index (χ0v) is 12.3. The fourth-order valence-corrected chi connectivity index (χ4v) is 2.71. The van der Waals surface area contributed by atoms with Crippen molar-refractivity contribution in [3.8, 4) is 0 Å². The van der Waals surface area contributed by atoms with Crippen LogP contribution in [0.3, 0.4) is 0 Å². The van der Waals surface area contributed by atoms with Crippen molar-refractivity contribution in [3.05, 3.63) is 16.8 Å². The van der Waals surface area contributed by atoms with Gasteiger partial charge < -0.3 is 15.7 Å². The van der Waals surface area contributed by atoms with Crippen LogP contribution in [0.1, 0.15) is 30.7 Å². The molecule has 0 unspecified atom stereocenters. The van der Waals surface area contributed by atoms with Crippen molar-refractivity contribution in [2.24, 2.45) is 10.9 Å². The molecule has 19 heavy (non-hydrogen) atoms. The topological polar surface area (TPSA) is 93.6 Å². The van der Waals surface area contributed by atoms with E-state index in [1.54, 1.807) is 7.11 Å². The lowest BCUT2D eigenvalue weighted by molar-refractivity contribution is 0.218. The van der Waals surface area contributed by atoms with Crippen molar-refractivity contribution in [2.75, 3.05) is 19.5 Å². The molecule has 0 saturated heterocycles. The van der Waals surface area contributed by atoms with E-state index < -0.39 is 0 Å². The molecule has 0 aliphatic carbocycles. The summed E-state index contributed by atoms with van der Waals surface area (Å²) in [6, 6.07) is 0. The monoisotopic (exact) mass is 284 g/mol. The maximum absolute atomic E-state index is 8.95. The summed E-state index contributed by atoms with van der Waals surface area (Å²) in [5, 5.41) is 21.1. The number of aromatic nitrogens is 2. The van der Waals surface area contributed by atoms with Crippen LogP contribution in [0, 0.1) is 0 Å². The van der Waals surface area contributed by atoms with Crippen LogP contribution in [0.2, 0.25) is 0 Å². The lowest BCUT2D eigenvalue weighted by atomic mass is 10.0. The van der Waals surface area contributed by atoms with Crippen LogP contribution in [0.5, 0.6) is 0 Å². The van der Waals surface area contributed by atoms with E-state index in [1.165, 1.54) is 11.8 Å². The summed E-state index contributed by atoms with van der Waals surface area (Å²) in [4.78, 5) is 0. The third kappa shape index (κ3) is 3.81. The molecule has 0 saturated carbocycles. The van der Waals surface area contributed by atoms with Gasteiger partial charge in [-0.25, -0.2) is 0 Å². The van der Waals surface area contributed by atoms with Crippen molar-refractivity contribution in [1.29, 1.82) is 0 Å². The molecule has 0 aromatic carbocycles. The highest BCUT2D eigenvalue weighted by atomic mass is 32.2. The summed E-state index contributed by atoms with van der Waals surface area (Å²) in [5.74, 6) is 0.826. The van der Waals surface area contributed by atoms with Gasteiger partial charge in [-0.2, -0.15) is 5.10 Å². The normalized spacial score (nSPS) is 11.8. The molecule has 1 rings (SSSR count). The molecule has 0 spiro atoms. The zero-order chi connectivity index (χ0) is 14.3. The van der Waals surface area contributed by atoms with Gasteiger partial charge >= 0.3 is 0 Å². The Morgan fingerprint density at radius 2 is 2.11 bits per heavy atom. The van der Waals surface area contributed by atoms with Gasteiger partial charge in [0.25, 0.3) is 0 Å². The molecule has 0 bridgehead atoms.